The van der Waals surface area contributed by atoms with Gasteiger partial charge < -0.3 is 29.2 Å². The topological polar surface area (TPSA) is 187 Å². The highest BCUT2D eigenvalue weighted by atomic mass is 16.7. The van der Waals surface area contributed by atoms with Crippen LogP contribution < -0.4 is 22.5 Å². The first-order valence-electron chi connectivity index (χ1n) is 14.1. The molecule has 43 heavy (non-hydrogen) atoms. The number of fused-ring (bicyclic) bond motifs is 1. The third-order valence-electron chi connectivity index (χ3n) is 7.91. The van der Waals surface area contributed by atoms with Crippen LogP contribution in [0.5, 0.6) is 0 Å². The second-order valence-electron chi connectivity index (χ2n) is 11.0. The summed E-state index contributed by atoms with van der Waals surface area (Å²) in [7, 11) is 0. The third kappa shape index (κ3) is 6.95. The van der Waals surface area contributed by atoms with Gasteiger partial charge in [-0.25, -0.2) is 9.59 Å². The Bertz CT molecular complexity index is 1630. The van der Waals surface area contributed by atoms with E-state index in [0.29, 0.717) is 37.2 Å². The minimum Gasteiger partial charge on any atom is -0.394 e. The number of aliphatic hydroxyl groups is 2. The van der Waals surface area contributed by atoms with Crippen LogP contribution in [0.4, 0.5) is 0 Å². The van der Waals surface area contributed by atoms with E-state index < -0.39 is 35.4 Å². The smallest absolute Gasteiger partial charge is 0.328 e. The van der Waals surface area contributed by atoms with Gasteiger partial charge in [-0.2, -0.15) is 0 Å². The molecule has 3 aliphatic heterocycles. The Balaban J connectivity index is 0.000000181. The molecule has 1 unspecified atom stereocenters. The van der Waals surface area contributed by atoms with Crippen LogP contribution in [-0.4, -0.2) is 80.2 Å². The molecular formula is C29H36N4O10. The third-order valence-corrected chi connectivity index (χ3v) is 7.91. The number of H-pyrrole nitrogens is 2. The predicted octanol–water partition coefficient (Wildman–Crippen LogP) is -0.183. The molecule has 0 aliphatic carbocycles. The van der Waals surface area contributed by atoms with Crippen molar-refractivity contribution in [2.75, 3.05) is 26.4 Å². The zero-order chi connectivity index (χ0) is 30.7. The Morgan fingerprint density at radius 3 is 1.95 bits per heavy atom. The van der Waals surface area contributed by atoms with E-state index in [9.17, 15) is 24.3 Å². The van der Waals surface area contributed by atoms with Gasteiger partial charge in [0.2, 0.25) is 0 Å². The number of hydrogen-bond acceptors (Lipinski definition) is 10. The van der Waals surface area contributed by atoms with Crippen LogP contribution >= 0.6 is 0 Å². The molecule has 0 bridgehead atoms. The number of benzene rings is 1. The molecule has 3 fully saturated rings. The van der Waals surface area contributed by atoms with E-state index in [1.807, 2.05) is 30.3 Å². The highest BCUT2D eigenvalue weighted by molar-refractivity contribution is 5.16. The van der Waals surface area contributed by atoms with Crippen molar-refractivity contribution in [1.82, 2.24) is 19.1 Å². The fourth-order valence-corrected chi connectivity index (χ4v) is 5.42. The number of aliphatic hydroxyl groups excluding tert-OH is 2. The molecule has 1 aromatic carbocycles. The maximum atomic E-state index is 12.1. The van der Waals surface area contributed by atoms with Gasteiger partial charge in [0.25, 0.3) is 11.1 Å². The summed E-state index contributed by atoms with van der Waals surface area (Å²) in [6.45, 7) is 4.08. The number of nitrogens with zero attached hydrogens (tertiary/aromatic N) is 2. The van der Waals surface area contributed by atoms with Crippen LogP contribution in [0.3, 0.4) is 0 Å². The summed E-state index contributed by atoms with van der Waals surface area (Å²) in [6, 6.07) is 9.22. The number of ether oxygens (including phenoxy) is 4. The lowest BCUT2D eigenvalue weighted by Gasteiger charge is -2.42. The Hall–Kier alpha value is -3.66. The van der Waals surface area contributed by atoms with Gasteiger partial charge in [-0.3, -0.25) is 28.7 Å². The van der Waals surface area contributed by atoms with Gasteiger partial charge in [0.05, 0.1) is 50.7 Å². The van der Waals surface area contributed by atoms with Crippen molar-refractivity contribution in [2.24, 2.45) is 0 Å². The van der Waals surface area contributed by atoms with Crippen molar-refractivity contribution in [2.45, 2.75) is 69.5 Å². The first-order chi connectivity index (χ1) is 20.6. The normalized spacial score (nSPS) is 28.8. The number of hydrogen-bond donors (Lipinski definition) is 4. The lowest BCUT2D eigenvalue weighted by atomic mass is 10.0. The molecule has 14 heteroatoms. The number of aromatic nitrogens is 4. The minimum atomic E-state index is -0.826. The molecule has 5 heterocycles. The highest BCUT2D eigenvalue weighted by Gasteiger charge is 2.39. The molecule has 6 rings (SSSR count). The van der Waals surface area contributed by atoms with E-state index in [0.717, 1.165) is 5.56 Å². The Morgan fingerprint density at radius 1 is 0.791 bits per heavy atom. The predicted molar refractivity (Wildman–Crippen MR) is 152 cm³/mol. The van der Waals surface area contributed by atoms with Gasteiger partial charge in [0.15, 0.2) is 6.29 Å². The van der Waals surface area contributed by atoms with E-state index in [1.165, 1.54) is 15.3 Å². The summed E-state index contributed by atoms with van der Waals surface area (Å²) in [6.07, 6.45) is 1.80. The number of rotatable bonds is 4. The monoisotopic (exact) mass is 600 g/mol. The van der Waals surface area contributed by atoms with Crippen molar-refractivity contribution in [3.8, 4) is 0 Å². The standard InChI is InChI=1S/C18H20N2O5.C11H16N2O5/c1-11-8-20(18(22)19-16(11)21)13-7-14-15(23-9-13)10-24-17(25-14)12-5-3-2-4-6-12;1-6-3-13(11(17)12-10(6)16)7-2-8(15)9(4-14)18-5-7/h2-6,8,13-15,17H,7,9-10H2,1H3,(H,19,21,22);3,7-9,14-15H,2,4-5H2,1H3,(H,12,16,17)/t13-,14+,15-,17?;7-,8+,9-/m11/s1. The lowest BCUT2D eigenvalue weighted by Crippen LogP contribution is -2.49. The van der Waals surface area contributed by atoms with E-state index in [1.54, 1.807) is 20.0 Å². The Labute approximate surface area is 245 Å². The molecule has 3 aliphatic rings. The zero-order valence-electron chi connectivity index (χ0n) is 23.9. The average molecular weight is 601 g/mol. The molecule has 4 N–H and O–H groups in total. The van der Waals surface area contributed by atoms with Crippen molar-refractivity contribution < 1.29 is 29.2 Å². The molecule has 7 atom stereocenters. The maximum Gasteiger partial charge on any atom is 0.328 e. The number of nitrogens with one attached hydrogen (secondary N) is 2. The van der Waals surface area contributed by atoms with Gasteiger partial charge in [-0.05, 0) is 26.7 Å². The molecule has 14 nitrogen and oxygen atoms in total. The summed E-state index contributed by atoms with van der Waals surface area (Å²) < 4.78 is 25.9. The zero-order valence-corrected chi connectivity index (χ0v) is 23.9. The molecular weight excluding hydrogens is 564 g/mol. The lowest BCUT2D eigenvalue weighted by molar-refractivity contribution is -0.282. The van der Waals surface area contributed by atoms with Crippen LogP contribution in [0.1, 0.15) is 47.9 Å². The molecule has 0 spiro atoms. The van der Waals surface area contributed by atoms with Crippen LogP contribution in [0.15, 0.2) is 61.9 Å². The fraction of sp³-hybridized carbons (Fsp3) is 0.517. The number of aryl methyl sites for hydroxylation is 2. The molecule has 2 aromatic heterocycles. The first kappa shape index (κ1) is 30.8. The van der Waals surface area contributed by atoms with E-state index in [4.69, 9.17) is 24.1 Å². The molecule has 3 aromatic rings. The number of aromatic amines is 2. The molecule has 232 valence electrons. The second kappa shape index (κ2) is 13.3. The molecule has 0 radical (unpaired) electrons. The van der Waals surface area contributed by atoms with Gasteiger partial charge >= 0.3 is 11.4 Å². The maximum absolute atomic E-state index is 12.1. The fourth-order valence-electron chi connectivity index (χ4n) is 5.42. The largest absolute Gasteiger partial charge is 0.394 e. The van der Waals surface area contributed by atoms with Gasteiger partial charge in [0, 0.05) is 29.1 Å². The Kier molecular flexibility index (Phi) is 9.54. The quantitative estimate of drug-likeness (QED) is 0.313. The minimum absolute atomic E-state index is 0.143. The van der Waals surface area contributed by atoms with Crippen molar-refractivity contribution in [3.05, 3.63) is 101 Å². The molecule has 0 amide bonds. The van der Waals surface area contributed by atoms with E-state index >= 15 is 0 Å². The van der Waals surface area contributed by atoms with Crippen LogP contribution in [0, 0.1) is 13.8 Å². The van der Waals surface area contributed by atoms with Crippen LogP contribution in [-0.2, 0) is 18.9 Å². The van der Waals surface area contributed by atoms with Gasteiger partial charge in [-0.15, -0.1) is 0 Å². The Morgan fingerprint density at radius 2 is 1.37 bits per heavy atom. The van der Waals surface area contributed by atoms with E-state index in [2.05, 4.69) is 9.97 Å². The molecule has 0 saturated carbocycles. The van der Waals surface area contributed by atoms with Crippen LogP contribution in [0.25, 0.3) is 0 Å². The summed E-state index contributed by atoms with van der Waals surface area (Å²) in [5.74, 6) is 0. The first-order valence-corrected chi connectivity index (χ1v) is 14.1. The van der Waals surface area contributed by atoms with Gasteiger partial charge in [-0.1, -0.05) is 30.3 Å². The van der Waals surface area contributed by atoms with Crippen molar-refractivity contribution in [1.29, 1.82) is 0 Å². The summed E-state index contributed by atoms with van der Waals surface area (Å²) in [4.78, 5) is 51.2. The van der Waals surface area contributed by atoms with Crippen molar-refractivity contribution >= 4 is 0 Å². The average Bonchev–Trinajstić information content (AvgIpc) is 3.01. The highest BCUT2D eigenvalue weighted by Crippen LogP contribution is 2.34. The SMILES string of the molecule is Cc1cn([C@H]2CO[C@@H]3COC(c4ccccc4)O[C@H]3C2)c(=O)[nH]c1=O.Cc1cn([C@H]2CO[C@H](CO)[C@@H](O)C2)c(=O)[nH]c1=O. The second-order valence-corrected chi connectivity index (χ2v) is 11.0. The molecule has 3 saturated heterocycles. The summed E-state index contributed by atoms with van der Waals surface area (Å²) in [5.41, 5.74) is 0.164. The summed E-state index contributed by atoms with van der Waals surface area (Å²) in [5, 5.41) is 18.7. The van der Waals surface area contributed by atoms with Crippen LogP contribution in [0.2, 0.25) is 0 Å². The van der Waals surface area contributed by atoms with Gasteiger partial charge in [0.1, 0.15) is 12.2 Å². The summed E-state index contributed by atoms with van der Waals surface area (Å²) >= 11 is 0. The van der Waals surface area contributed by atoms with E-state index in [-0.39, 0.29) is 43.1 Å². The van der Waals surface area contributed by atoms with Crippen molar-refractivity contribution in [3.63, 3.8) is 0 Å².